The number of ether oxygens (including phenoxy) is 2. The summed E-state index contributed by atoms with van der Waals surface area (Å²) < 4.78 is 48.4. The fourth-order valence-electron chi connectivity index (χ4n) is 3.10. The smallest absolute Gasteiger partial charge is 0.491 e. The molecule has 1 aliphatic carbocycles. The molecule has 0 amide bonds. The van der Waals surface area contributed by atoms with E-state index in [1.807, 2.05) is 30.3 Å². The summed E-state index contributed by atoms with van der Waals surface area (Å²) in [6.07, 6.45) is -3.55. The average Bonchev–Trinajstić information content (AvgIpc) is 2.63. The van der Waals surface area contributed by atoms with E-state index < -0.39 is 12.1 Å². The van der Waals surface area contributed by atoms with E-state index in [0.717, 1.165) is 11.1 Å². The summed E-state index contributed by atoms with van der Waals surface area (Å²) in [7, 11) is 1.50. The second kappa shape index (κ2) is 7.23. The SMILES string of the molecule is COc1cccc2c1CCC(Cc1ccccc1)=C2OC(=O)C(F)(F)F. The minimum Gasteiger partial charge on any atom is -0.496 e. The van der Waals surface area contributed by atoms with Crippen molar-refractivity contribution in [2.24, 2.45) is 0 Å². The van der Waals surface area contributed by atoms with Gasteiger partial charge in [0.2, 0.25) is 0 Å². The first-order valence-electron chi connectivity index (χ1n) is 8.11. The summed E-state index contributed by atoms with van der Waals surface area (Å²) in [5, 5.41) is 0. The molecule has 0 saturated carbocycles. The van der Waals surface area contributed by atoms with Gasteiger partial charge in [0, 0.05) is 11.1 Å². The zero-order valence-electron chi connectivity index (χ0n) is 14.1. The largest absolute Gasteiger partial charge is 0.496 e. The summed E-state index contributed by atoms with van der Waals surface area (Å²) in [4.78, 5) is 11.5. The molecule has 3 rings (SSSR count). The third-order valence-electron chi connectivity index (χ3n) is 4.28. The normalized spacial score (nSPS) is 14.0. The number of alkyl halides is 3. The molecular weight excluding hydrogens is 345 g/mol. The maximum absolute atomic E-state index is 12.8. The Hall–Kier alpha value is -2.76. The van der Waals surface area contributed by atoms with E-state index in [-0.39, 0.29) is 5.76 Å². The van der Waals surface area contributed by atoms with Crippen LogP contribution in [0.2, 0.25) is 0 Å². The van der Waals surface area contributed by atoms with Crippen LogP contribution in [0, 0.1) is 0 Å². The van der Waals surface area contributed by atoms with E-state index in [0.29, 0.717) is 36.1 Å². The third-order valence-corrected chi connectivity index (χ3v) is 4.28. The summed E-state index contributed by atoms with van der Waals surface area (Å²) in [5.74, 6) is -1.66. The molecule has 0 saturated heterocycles. The number of fused-ring (bicyclic) bond motifs is 1. The average molecular weight is 362 g/mol. The molecular formula is C20H17F3O3. The maximum atomic E-state index is 12.8. The predicted octanol–water partition coefficient (Wildman–Crippen LogP) is 4.70. The minimum atomic E-state index is -5.05. The molecule has 0 N–H and O–H groups in total. The number of rotatable bonds is 4. The van der Waals surface area contributed by atoms with Crippen molar-refractivity contribution >= 4 is 11.7 Å². The Morgan fingerprint density at radius 1 is 1.04 bits per heavy atom. The molecule has 0 fully saturated rings. The highest BCUT2D eigenvalue weighted by molar-refractivity contribution is 5.84. The molecule has 0 bridgehead atoms. The second-order valence-corrected chi connectivity index (χ2v) is 5.97. The molecule has 1 aliphatic rings. The van der Waals surface area contributed by atoms with Gasteiger partial charge >= 0.3 is 12.1 Å². The standard InChI is InChI=1S/C20H17F3O3/c1-25-17-9-5-8-16-15(17)11-10-14(12-13-6-3-2-4-7-13)18(16)26-19(24)20(21,22)23/h2-9H,10-12H2,1H3. The van der Waals surface area contributed by atoms with Crippen LogP contribution in [0.1, 0.15) is 23.1 Å². The van der Waals surface area contributed by atoms with Gasteiger partial charge in [-0.05, 0) is 36.5 Å². The van der Waals surface area contributed by atoms with Crippen molar-refractivity contribution in [3.05, 3.63) is 70.8 Å². The van der Waals surface area contributed by atoms with Gasteiger partial charge in [0.05, 0.1) is 7.11 Å². The first-order chi connectivity index (χ1) is 12.4. The van der Waals surface area contributed by atoms with Crippen LogP contribution in [0.5, 0.6) is 5.75 Å². The Morgan fingerprint density at radius 2 is 1.77 bits per heavy atom. The third kappa shape index (κ3) is 3.74. The number of allylic oxidation sites excluding steroid dienone is 1. The molecule has 0 atom stereocenters. The molecule has 0 radical (unpaired) electrons. The molecule has 2 aromatic carbocycles. The lowest BCUT2D eigenvalue weighted by Crippen LogP contribution is -2.26. The van der Waals surface area contributed by atoms with Crippen LogP contribution in [0.3, 0.4) is 0 Å². The van der Waals surface area contributed by atoms with Crippen LogP contribution in [-0.2, 0) is 22.4 Å². The van der Waals surface area contributed by atoms with Crippen molar-refractivity contribution in [1.82, 2.24) is 0 Å². The van der Waals surface area contributed by atoms with Crippen LogP contribution in [-0.4, -0.2) is 19.3 Å². The highest BCUT2D eigenvalue weighted by Crippen LogP contribution is 2.39. The van der Waals surface area contributed by atoms with Gasteiger partial charge in [0.25, 0.3) is 0 Å². The predicted molar refractivity (Wildman–Crippen MR) is 90.5 cm³/mol. The van der Waals surface area contributed by atoms with Crippen LogP contribution in [0.15, 0.2) is 54.1 Å². The number of hydrogen-bond acceptors (Lipinski definition) is 3. The summed E-state index contributed by atoms with van der Waals surface area (Å²) >= 11 is 0. The van der Waals surface area contributed by atoms with E-state index in [2.05, 4.69) is 0 Å². The number of hydrogen-bond donors (Lipinski definition) is 0. The topological polar surface area (TPSA) is 35.5 Å². The summed E-state index contributed by atoms with van der Waals surface area (Å²) in [5.41, 5.74) is 2.82. The van der Waals surface area contributed by atoms with Crippen molar-refractivity contribution in [3.8, 4) is 5.75 Å². The Labute approximate surface area is 149 Å². The van der Waals surface area contributed by atoms with Crippen LogP contribution in [0.4, 0.5) is 13.2 Å². The molecule has 2 aromatic rings. The quantitative estimate of drug-likeness (QED) is 0.740. The van der Waals surface area contributed by atoms with Crippen molar-refractivity contribution < 1.29 is 27.4 Å². The number of esters is 1. The number of halogens is 3. The van der Waals surface area contributed by atoms with Crippen molar-refractivity contribution in [3.63, 3.8) is 0 Å². The molecule has 6 heteroatoms. The van der Waals surface area contributed by atoms with E-state index in [4.69, 9.17) is 9.47 Å². The van der Waals surface area contributed by atoms with Crippen molar-refractivity contribution in [2.45, 2.75) is 25.4 Å². The van der Waals surface area contributed by atoms with Gasteiger partial charge in [0.15, 0.2) is 0 Å². The number of carbonyl (C=O) groups excluding carboxylic acids is 1. The molecule has 26 heavy (non-hydrogen) atoms. The van der Waals surface area contributed by atoms with Gasteiger partial charge in [-0.15, -0.1) is 0 Å². The zero-order chi connectivity index (χ0) is 18.7. The Balaban J connectivity index is 2.06. The van der Waals surface area contributed by atoms with Gasteiger partial charge in [-0.25, -0.2) is 4.79 Å². The van der Waals surface area contributed by atoms with E-state index in [1.54, 1.807) is 18.2 Å². The van der Waals surface area contributed by atoms with Gasteiger partial charge < -0.3 is 9.47 Å². The Morgan fingerprint density at radius 3 is 2.42 bits per heavy atom. The van der Waals surface area contributed by atoms with Crippen molar-refractivity contribution in [2.75, 3.05) is 7.11 Å². The summed E-state index contributed by atoms with van der Waals surface area (Å²) in [6.45, 7) is 0. The number of carbonyl (C=O) groups is 1. The molecule has 3 nitrogen and oxygen atoms in total. The number of methoxy groups -OCH3 is 1. The molecule has 0 spiro atoms. The van der Waals surface area contributed by atoms with E-state index in [9.17, 15) is 18.0 Å². The lowest BCUT2D eigenvalue weighted by molar-refractivity contribution is -0.192. The van der Waals surface area contributed by atoms with Gasteiger partial charge in [-0.2, -0.15) is 13.2 Å². The molecule has 0 aromatic heterocycles. The van der Waals surface area contributed by atoms with E-state index in [1.165, 1.54) is 7.11 Å². The highest BCUT2D eigenvalue weighted by atomic mass is 19.4. The van der Waals surface area contributed by atoms with Crippen molar-refractivity contribution in [1.29, 1.82) is 0 Å². The molecule has 136 valence electrons. The first kappa shape index (κ1) is 18.0. The molecule has 0 aliphatic heterocycles. The second-order valence-electron chi connectivity index (χ2n) is 5.97. The van der Waals surface area contributed by atoms with E-state index >= 15 is 0 Å². The lowest BCUT2D eigenvalue weighted by atomic mass is 9.87. The zero-order valence-corrected chi connectivity index (χ0v) is 14.1. The molecule has 0 unspecified atom stereocenters. The van der Waals surface area contributed by atoms with Crippen LogP contribution >= 0.6 is 0 Å². The highest BCUT2D eigenvalue weighted by Gasteiger charge is 2.42. The van der Waals surface area contributed by atoms with Gasteiger partial charge in [0.1, 0.15) is 11.5 Å². The van der Waals surface area contributed by atoms with Crippen LogP contribution < -0.4 is 4.74 Å². The first-order valence-corrected chi connectivity index (χ1v) is 8.11. The van der Waals surface area contributed by atoms with Crippen LogP contribution in [0.25, 0.3) is 5.76 Å². The Kier molecular flexibility index (Phi) is 5.02. The molecule has 0 heterocycles. The lowest BCUT2D eigenvalue weighted by Gasteiger charge is -2.24. The fraction of sp³-hybridized carbons (Fsp3) is 0.250. The number of benzene rings is 2. The van der Waals surface area contributed by atoms with Gasteiger partial charge in [-0.3, -0.25) is 0 Å². The minimum absolute atomic E-state index is 0.0173. The maximum Gasteiger partial charge on any atom is 0.491 e. The van der Waals surface area contributed by atoms with Gasteiger partial charge in [-0.1, -0.05) is 42.5 Å². The summed E-state index contributed by atoms with van der Waals surface area (Å²) in [6, 6.07) is 14.4. The Bertz CT molecular complexity index is 839. The monoisotopic (exact) mass is 362 g/mol. The fourth-order valence-corrected chi connectivity index (χ4v) is 3.10.